The van der Waals surface area contributed by atoms with E-state index in [2.05, 4.69) is 31.8 Å². The number of hydrogen-bond acceptors (Lipinski definition) is 11. The van der Waals surface area contributed by atoms with Crippen LogP contribution in [-0.4, -0.2) is 52.5 Å². The van der Waals surface area contributed by atoms with Crippen LogP contribution in [0.2, 0.25) is 0 Å². The molecular formula is C25H32N6O7S. The number of rotatable bonds is 6. The van der Waals surface area contributed by atoms with E-state index in [1.165, 1.54) is 0 Å². The minimum atomic E-state index is -0.926. The Balaban J connectivity index is 0.000000222. The van der Waals surface area contributed by atoms with E-state index in [9.17, 15) is 14.4 Å². The van der Waals surface area contributed by atoms with E-state index in [4.69, 9.17) is 15.2 Å². The van der Waals surface area contributed by atoms with Crippen LogP contribution in [0.25, 0.3) is 0 Å². The average molecular weight is 561 g/mol. The second-order valence-corrected chi connectivity index (χ2v) is 8.84. The summed E-state index contributed by atoms with van der Waals surface area (Å²) in [7, 11) is 0. The van der Waals surface area contributed by atoms with Gasteiger partial charge in [-0.2, -0.15) is 16.8 Å². The monoisotopic (exact) mass is 560 g/mol. The summed E-state index contributed by atoms with van der Waals surface area (Å²) in [5.74, 6) is 9.64. The van der Waals surface area contributed by atoms with E-state index in [0.717, 1.165) is 32.0 Å². The van der Waals surface area contributed by atoms with Gasteiger partial charge in [0, 0.05) is 23.2 Å². The molecule has 0 spiro atoms. The number of carbonyl (C=O) groups excluding carboxylic acids is 3. The van der Waals surface area contributed by atoms with Crippen LogP contribution < -0.4 is 22.3 Å². The predicted octanol–water partition coefficient (Wildman–Crippen LogP) is 3.03. The fourth-order valence-corrected chi connectivity index (χ4v) is 3.70. The molecule has 1 fully saturated rings. The van der Waals surface area contributed by atoms with Crippen LogP contribution in [0.5, 0.6) is 5.75 Å². The number of nitrogens with zero attached hydrogens (tertiary/aromatic N) is 3. The number of thiazole rings is 1. The van der Waals surface area contributed by atoms with Crippen molar-refractivity contribution >= 4 is 29.4 Å². The van der Waals surface area contributed by atoms with Gasteiger partial charge >= 0.3 is 12.2 Å². The molecule has 0 saturated carbocycles. The Morgan fingerprint density at radius 2 is 1.64 bits per heavy atom. The number of carbonyl (C=O) groups is 3. The summed E-state index contributed by atoms with van der Waals surface area (Å²) in [6.07, 6.45) is -2.41. The van der Waals surface area contributed by atoms with Crippen molar-refractivity contribution in [3.8, 4) is 5.75 Å². The molecule has 1 saturated heterocycles. The SMILES string of the molecule is CCOC1CN(C(=O)ON)N1C(=O)ON.Cc1csc(C)n1.NC(=O)c1ccc(OCc2ccccc2)cc1. The van der Waals surface area contributed by atoms with E-state index in [1.807, 2.05) is 44.2 Å². The number of amides is 3. The molecule has 3 aromatic rings. The standard InChI is InChI=1S/C14H13NO2.C6H12N4O5.C5H7NS/c15-14(16)12-6-8-13(9-7-12)17-10-11-4-2-1-3-5-11;1-2-13-4-3-9(5(11)14-7)10(4)6(12)15-8;1-4-3-7-5(2)6-4/h1-9H,10H2,(H2,15,16);4H,2-3,7-8H2,1H3;3H,1-2H3. The molecule has 14 heteroatoms. The zero-order valence-electron chi connectivity index (χ0n) is 21.8. The molecule has 210 valence electrons. The first-order valence-corrected chi connectivity index (χ1v) is 12.5. The topological polar surface area (TPSA) is 186 Å². The van der Waals surface area contributed by atoms with Gasteiger partial charge in [-0.1, -0.05) is 30.3 Å². The summed E-state index contributed by atoms with van der Waals surface area (Å²) in [5.41, 5.74) is 7.86. The Morgan fingerprint density at radius 3 is 2.10 bits per heavy atom. The molecule has 4 rings (SSSR count). The lowest BCUT2D eigenvalue weighted by atomic mass is 10.2. The molecule has 1 unspecified atom stereocenters. The zero-order chi connectivity index (χ0) is 28.8. The second kappa shape index (κ2) is 15.9. The van der Waals surface area contributed by atoms with E-state index >= 15 is 0 Å². The highest BCUT2D eigenvalue weighted by atomic mass is 32.1. The third kappa shape index (κ3) is 9.86. The highest BCUT2D eigenvalue weighted by Crippen LogP contribution is 2.21. The molecule has 1 aliphatic heterocycles. The van der Waals surface area contributed by atoms with Gasteiger partial charge in [-0.05, 0) is 50.6 Å². The molecule has 3 amide bonds. The molecule has 0 radical (unpaired) electrons. The first-order valence-electron chi connectivity index (χ1n) is 11.6. The summed E-state index contributed by atoms with van der Waals surface area (Å²) in [6.45, 7) is 6.80. The van der Waals surface area contributed by atoms with Crippen LogP contribution in [0.4, 0.5) is 9.59 Å². The van der Waals surface area contributed by atoms with Gasteiger partial charge < -0.3 is 24.9 Å². The Bertz CT molecular complexity index is 1180. The van der Waals surface area contributed by atoms with Gasteiger partial charge in [-0.15, -0.1) is 11.3 Å². The number of aromatic nitrogens is 1. The average Bonchev–Trinajstić information content (AvgIpc) is 3.32. The minimum absolute atomic E-state index is 0.152. The first kappa shape index (κ1) is 31.0. The number of nitrogens with two attached hydrogens (primary N) is 3. The quantitative estimate of drug-likeness (QED) is 0.378. The highest BCUT2D eigenvalue weighted by molar-refractivity contribution is 7.09. The van der Waals surface area contributed by atoms with Gasteiger partial charge in [0.25, 0.3) is 0 Å². The van der Waals surface area contributed by atoms with Crippen molar-refractivity contribution in [3.05, 3.63) is 81.8 Å². The van der Waals surface area contributed by atoms with Crippen LogP contribution in [0.3, 0.4) is 0 Å². The Labute approximate surface area is 229 Å². The molecule has 39 heavy (non-hydrogen) atoms. The van der Waals surface area contributed by atoms with Gasteiger partial charge in [0.1, 0.15) is 12.4 Å². The molecule has 1 aliphatic rings. The predicted molar refractivity (Wildman–Crippen MR) is 143 cm³/mol. The van der Waals surface area contributed by atoms with Crippen molar-refractivity contribution in [1.82, 2.24) is 15.0 Å². The molecule has 0 bridgehead atoms. The Morgan fingerprint density at radius 1 is 1.00 bits per heavy atom. The van der Waals surface area contributed by atoms with E-state index in [0.29, 0.717) is 18.8 Å². The zero-order valence-corrected chi connectivity index (χ0v) is 22.6. The van der Waals surface area contributed by atoms with Crippen molar-refractivity contribution < 1.29 is 33.5 Å². The number of benzene rings is 2. The molecule has 1 atom stereocenters. The molecule has 13 nitrogen and oxygen atoms in total. The van der Waals surface area contributed by atoms with Gasteiger partial charge in [0.15, 0.2) is 6.23 Å². The fraction of sp³-hybridized carbons (Fsp3) is 0.280. The Kier molecular flexibility index (Phi) is 12.6. The van der Waals surface area contributed by atoms with Crippen LogP contribution in [0.1, 0.15) is 33.5 Å². The van der Waals surface area contributed by atoms with Crippen molar-refractivity contribution in [3.63, 3.8) is 0 Å². The van der Waals surface area contributed by atoms with E-state index in [1.54, 1.807) is 42.5 Å². The lowest BCUT2D eigenvalue weighted by molar-refractivity contribution is -0.220. The normalized spacial score (nSPS) is 13.5. The van der Waals surface area contributed by atoms with Crippen molar-refractivity contribution in [1.29, 1.82) is 0 Å². The van der Waals surface area contributed by atoms with E-state index in [-0.39, 0.29) is 6.54 Å². The van der Waals surface area contributed by atoms with Crippen LogP contribution in [0.15, 0.2) is 60.0 Å². The maximum Gasteiger partial charge on any atom is 0.450 e. The van der Waals surface area contributed by atoms with Crippen molar-refractivity contribution in [2.75, 3.05) is 13.2 Å². The summed E-state index contributed by atoms with van der Waals surface area (Å²) < 4.78 is 10.7. The highest BCUT2D eigenvalue weighted by Gasteiger charge is 2.46. The number of ether oxygens (including phenoxy) is 2. The number of primary amides is 1. The summed E-state index contributed by atoms with van der Waals surface area (Å²) >= 11 is 1.69. The van der Waals surface area contributed by atoms with Crippen LogP contribution in [-0.2, 0) is 21.0 Å². The third-order valence-electron chi connectivity index (χ3n) is 4.94. The van der Waals surface area contributed by atoms with Gasteiger partial charge in [-0.3, -0.25) is 4.79 Å². The molecule has 2 aromatic carbocycles. The van der Waals surface area contributed by atoms with E-state index < -0.39 is 24.3 Å². The van der Waals surface area contributed by atoms with Gasteiger partial charge in [-0.25, -0.2) is 19.6 Å². The smallest absolute Gasteiger partial charge is 0.450 e. The summed E-state index contributed by atoms with van der Waals surface area (Å²) in [4.78, 5) is 45.0. The Hall–Kier alpha value is -4.24. The molecule has 6 N–H and O–H groups in total. The second-order valence-electron chi connectivity index (χ2n) is 7.77. The van der Waals surface area contributed by atoms with Crippen LogP contribution >= 0.6 is 11.3 Å². The fourth-order valence-electron chi connectivity index (χ4n) is 3.11. The van der Waals surface area contributed by atoms with Crippen molar-refractivity contribution in [2.24, 2.45) is 17.5 Å². The maximum absolute atomic E-state index is 11.1. The van der Waals surface area contributed by atoms with Crippen LogP contribution in [0, 0.1) is 13.8 Å². The lowest BCUT2D eigenvalue weighted by Crippen LogP contribution is -2.69. The molecule has 2 heterocycles. The molecule has 0 aliphatic carbocycles. The lowest BCUT2D eigenvalue weighted by Gasteiger charge is -2.46. The third-order valence-corrected chi connectivity index (χ3v) is 5.83. The summed E-state index contributed by atoms with van der Waals surface area (Å²) in [6, 6.07) is 16.7. The molecular weight excluding hydrogens is 528 g/mol. The number of aryl methyl sites for hydroxylation is 2. The minimum Gasteiger partial charge on any atom is -0.489 e. The molecule has 1 aromatic heterocycles. The number of hydrogen-bond donors (Lipinski definition) is 3. The van der Waals surface area contributed by atoms with Crippen molar-refractivity contribution in [2.45, 2.75) is 33.6 Å². The number of hydrazine groups is 1. The maximum atomic E-state index is 11.1. The first-order chi connectivity index (χ1) is 18.7. The van der Waals surface area contributed by atoms with Gasteiger partial charge in [0.2, 0.25) is 5.91 Å². The van der Waals surface area contributed by atoms with Gasteiger partial charge in [0.05, 0.1) is 11.6 Å². The largest absolute Gasteiger partial charge is 0.489 e. The summed E-state index contributed by atoms with van der Waals surface area (Å²) in [5, 5.41) is 4.99.